The van der Waals surface area contributed by atoms with Crippen LogP contribution in [0.3, 0.4) is 0 Å². The van der Waals surface area contributed by atoms with Crippen molar-refractivity contribution in [2.75, 3.05) is 5.32 Å². The van der Waals surface area contributed by atoms with Crippen molar-refractivity contribution < 1.29 is 4.79 Å². The number of carbonyl (C=O) groups excluding carboxylic acids is 1. The first-order chi connectivity index (χ1) is 6.13. The zero-order chi connectivity index (χ0) is 9.84. The van der Waals surface area contributed by atoms with Crippen molar-refractivity contribution in [3.05, 3.63) is 28.2 Å². The summed E-state index contributed by atoms with van der Waals surface area (Å²) in [6, 6.07) is 5.65. The highest BCUT2D eigenvalue weighted by molar-refractivity contribution is 9.10. The Bertz CT molecular complexity index is 379. The van der Waals surface area contributed by atoms with Gasteiger partial charge in [-0.1, -0.05) is 6.07 Å². The van der Waals surface area contributed by atoms with Crippen LogP contribution in [0.4, 0.5) is 5.69 Å². The van der Waals surface area contributed by atoms with Gasteiger partial charge in [0, 0.05) is 4.47 Å². The van der Waals surface area contributed by atoms with Gasteiger partial charge in [0.25, 0.3) is 5.91 Å². The summed E-state index contributed by atoms with van der Waals surface area (Å²) in [4.78, 5) is 10.9. The van der Waals surface area contributed by atoms with Crippen LogP contribution in [-0.4, -0.2) is 5.91 Å². The zero-order valence-electron chi connectivity index (χ0n) is 7.10. The number of benzene rings is 1. The van der Waals surface area contributed by atoms with Crippen LogP contribution in [0.5, 0.6) is 0 Å². The van der Waals surface area contributed by atoms with Crippen LogP contribution in [0.2, 0.25) is 0 Å². The van der Waals surface area contributed by atoms with Gasteiger partial charge in [0.15, 0.2) is 0 Å². The van der Waals surface area contributed by atoms with Crippen molar-refractivity contribution in [1.29, 1.82) is 0 Å². The average Bonchev–Trinajstić information content (AvgIpc) is 2.11. The monoisotopic (exact) mass is 237 g/mol. The standard InChI is InChI=1S/C10H8BrNO/c1-3-10(13)12-9-6-7(2)4-5-8(9)11/h1,4-6H,2H3,(H,12,13). The van der Waals surface area contributed by atoms with Crippen LogP contribution in [0, 0.1) is 19.3 Å². The quantitative estimate of drug-likeness (QED) is 0.747. The number of hydrogen-bond acceptors (Lipinski definition) is 1. The Balaban J connectivity index is 2.95. The maximum absolute atomic E-state index is 10.9. The van der Waals surface area contributed by atoms with Gasteiger partial charge >= 0.3 is 0 Å². The minimum atomic E-state index is -0.439. The first kappa shape index (κ1) is 9.82. The molecular formula is C10H8BrNO. The third-order valence-corrected chi connectivity index (χ3v) is 2.19. The maximum atomic E-state index is 10.9. The van der Waals surface area contributed by atoms with Crippen molar-refractivity contribution in [2.45, 2.75) is 6.92 Å². The first-order valence-electron chi connectivity index (χ1n) is 3.67. The molecule has 0 aliphatic carbocycles. The number of carbonyl (C=O) groups is 1. The lowest BCUT2D eigenvalue weighted by atomic mass is 10.2. The van der Waals surface area contributed by atoms with E-state index in [0.29, 0.717) is 5.69 Å². The summed E-state index contributed by atoms with van der Waals surface area (Å²) < 4.78 is 0.821. The van der Waals surface area contributed by atoms with E-state index in [9.17, 15) is 4.79 Å². The van der Waals surface area contributed by atoms with Crippen LogP contribution in [0.25, 0.3) is 0 Å². The number of aryl methyl sites for hydroxylation is 1. The number of terminal acetylenes is 1. The Morgan fingerprint density at radius 3 is 2.92 bits per heavy atom. The summed E-state index contributed by atoms with van der Waals surface area (Å²) in [5.41, 5.74) is 1.76. The van der Waals surface area contributed by atoms with E-state index in [1.807, 2.05) is 31.0 Å². The second-order valence-corrected chi connectivity index (χ2v) is 3.44. The van der Waals surface area contributed by atoms with Gasteiger partial charge in [-0.25, -0.2) is 0 Å². The minimum absolute atomic E-state index is 0.439. The van der Waals surface area contributed by atoms with E-state index in [1.54, 1.807) is 0 Å². The predicted octanol–water partition coefficient (Wildman–Crippen LogP) is 2.33. The molecule has 0 aromatic heterocycles. The molecule has 1 rings (SSSR count). The molecule has 0 spiro atoms. The van der Waals surface area contributed by atoms with Gasteiger partial charge in [0.1, 0.15) is 0 Å². The number of hydrogen-bond donors (Lipinski definition) is 1. The number of anilines is 1. The summed E-state index contributed by atoms with van der Waals surface area (Å²) in [5.74, 6) is 1.55. The number of nitrogens with one attached hydrogen (secondary N) is 1. The van der Waals surface area contributed by atoms with Crippen LogP contribution in [-0.2, 0) is 4.79 Å². The molecule has 0 atom stereocenters. The lowest BCUT2D eigenvalue weighted by molar-refractivity contribution is -0.111. The molecule has 1 amide bonds. The highest BCUT2D eigenvalue weighted by atomic mass is 79.9. The molecule has 0 aliphatic rings. The third kappa shape index (κ3) is 2.60. The van der Waals surface area contributed by atoms with E-state index in [1.165, 1.54) is 0 Å². The molecule has 0 unspecified atom stereocenters. The van der Waals surface area contributed by atoms with Gasteiger partial charge < -0.3 is 5.32 Å². The van der Waals surface area contributed by atoms with Gasteiger partial charge in [0.05, 0.1) is 5.69 Å². The summed E-state index contributed by atoms with van der Waals surface area (Å²) >= 11 is 3.30. The van der Waals surface area contributed by atoms with E-state index in [4.69, 9.17) is 6.42 Å². The Morgan fingerprint density at radius 1 is 1.62 bits per heavy atom. The van der Waals surface area contributed by atoms with E-state index in [0.717, 1.165) is 10.0 Å². The van der Waals surface area contributed by atoms with Gasteiger partial charge in [-0.05, 0) is 46.5 Å². The summed E-state index contributed by atoms with van der Waals surface area (Å²) in [5, 5.41) is 2.58. The highest BCUT2D eigenvalue weighted by Gasteiger charge is 2.02. The first-order valence-corrected chi connectivity index (χ1v) is 4.46. The Labute approximate surface area is 85.5 Å². The normalized spacial score (nSPS) is 9.00. The van der Waals surface area contributed by atoms with Gasteiger partial charge in [-0.15, -0.1) is 6.42 Å². The fourth-order valence-corrected chi connectivity index (χ4v) is 1.24. The lowest BCUT2D eigenvalue weighted by Gasteiger charge is -2.04. The second-order valence-electron chi connectivity index (χ2n) is 2.58. The molecule has 1 aromatic rings. The molecule has 0 radical (unpaired) electrons. The molecule has 0 saturated heterocycles. The van der Waals surface area contributed by atoms with Crippen LogP contribution in [0.1, 0.15) is 5.56 Å². The Hall–Kier alpha value is -1.27. The fraction of sp³-hybridized carbons (Fsp3) is 0.100. The molecule has 0 heterocycles. The van der Waals surface area contributed by atoms with Gasteiger partial charge in [0.2, 0.25) is 0 Å². The lowest BCUT2D eigenvalue weighted by Crippen LogP contribution is -2.08. The fourth-order valence-electron chi connectivity index (χ4n) is 0.893. The molecule has 2 nitrogen and oxygen atoms in total. The molecule has 0 fully saturated rings. The minimum Gasteiger partial charge on any atom is -0.314 e. The predicted molar refractivity (Wildman–Crippen MR) is 56.3 cm³/mol. The topological polar surface area (TPSA) is 29.1 Å². The summed E-state index contributed by atoms with van der Waals surface area (Å²) in [7, 11) is 0. The Morgan fingerprint density at radius 2 is 2.31 bits per heavy atom. The van der Waals surface area contributed by atoms with E-state index in [2.05, 4.69) is 21.2 Å². The number of halogens is 1. The van der Waals surface area contributed by atoms with E-state index < -0.39 is 5.91 Å². The molecule has 3 heteroatoms. The van der Waals surface area contributed by atoms with Crippen LogP contribution < -0.4 is 5.32 Å². The van der Waals surface area contributed by atoms with Gasteiger partial charge in [-0.2, -0.15) is 0 Å². The largest absolute Gasteiger partial charge is 0.314 e. The number of rotatable bonds is 1. The van der Waals surface area contributed by atoms with Crippen molar-refractivity contribution in [3.63, 3.8) is 0 Å². The average molecular weight is 238 g/mol. The molecule has 0 aliphatic heterocycles. The SMILES string of the molecule is C#CC(=O)Nc1cc(C)ccc1Br. The molecule has 66 valence electrons. The molecule has 1 aromatic carbocycles. The van der Waals surface area contributed by atoms with Crippen molar-refractivity contribution in [3.8, 4) is 12.3 Å². The van der Waals surface area contributed by atoms with Crippen LogP contribution >= 0.6 is 15.9 Å². The van der Waals surface area contributed by atoms with Crippen molar-refractivity contribution in [1.82, 2.24) is 0 Å². The third-order valence-electron chi connectivity index (χ3n) is 1.50. The second kappa shape index (κ2) is 4.11. The van der Waals surface area contributed by atoms with E-state index >= 15 is 0 Å². The van der Waals surface area contributed by atoms with E-state index in [-0.39, 0.29) is 0 Å². The molecule has 0 bridgehead atoms. The van der Waals surface area contributed by atoms with Crippen molar-refractivity contribution >= 4 is 27.5 Å². The molecule has 0 saturated carbocycles. The zero-order valence-corrected chi connectivity index (χ0v) is 8.68. The molecular weight excluding hydrogens is 230 g/mol. The van der Waals surface area contributed by atoms with Gasteiger partial charge in [-0.3, -0.25) is 4.79 Å². The molecule has 1 N–H and O–H groups in total. The molecule has 13 heavy (non-hydrogen) atoms. The summed E-state index contributed by atoms with van der Waals surface area (Å²) in [6.07, 6.45) is 4.93. The van der Waals surface area contributed by atoms with Crippen molar-refractivity contribution in [2.24, 2.45) is 0 Å². The maximum Gasteiger partial charge on any atom is 0.300 e. The number of amides is 1. The van der Waals surface area contributed by atoms with Crippen LogP contribution in [0.15, 0.2) is 22.7 Å². The Kier molecular flexibility index (Phi) is 3.10. The summed E-state index contributed by atoms with van der Waals surface area (Å²) in [6.45, 7) is 1.94. The smallest absolute Gasteiger partial charge is 0.300 e. The highest BCUT2D eigenvalue weighted by Crippen LogP contribution is 2.22.